The number of likely N-dealkylation sites (tertiary alicyclic amines) is 1. The van der Waals surface area contributed by atoms with E-state index < -0.39 is 11.9 Å². The molecule has 1 aliphatic heterocycles. The van der Waals surface area contributed by atoms with E-state index in [1.165, 1.54) is 12.8 Å². The lowest BCUT2D eigenvalue weighted by Crippen LogP contribution is -2.40. The van der Waals surface area contributed by atoms with Crippen molar-refractivity contribution in [2.24, 2.45) is 10.9 Å². The molecule has 2 rings (SSSR count). The Kier molecular flexibility index (Phi) is 8.15. The molecular weight excluding hydrogens is 363 g/mol. The van der Waals surface area contributed by atoms with Gasteiger partial charge in [-0.05, 0) is 32.2 Å². The van der Waals surface area contributed by atoms with Crippen LogP contribution in [0.1, 0.15) is 37.4 Å². The highest BCUT2D eigenvalue weighted by atomic mass is 32.1. The highest BCUT2D eigenvalue weighted by Crippen LogP contribution is 2.29. The Labute approximate surface area is 157 Å². The number of thiazole rings is 1. The van der Waals surface area contributed by atoms with Crippen LogP contribution in [0.3, 0.4) is 0 Å². The van der Waals surface area contributed by atoms with Gasteiger partial charge >= 0.3 is 6.18 Å². The van der Waals surface area contributed by atoms with Crippen molar-refractivity contribution in [1.82, 2.24) is 20.5 Å². The van der Waals surface area contributed by atoms with E-state index in [4.69, 9.17) is 0 Å². The van der Waals surface area contributed by atoms with E-state index in [0.29, 0.717) is 30.5 Å². The van der Waals surface area contributed by atoms with Gasteiger partial charge in [0.1, 0.15) is 0 Å². The van der Waals surface area contributed by atoms with Crippen LogP contribution in [0.5, 0.6) is 0 Å². The molecule has 26 heavy (non-hydrogen) atoms. The van der Waals surface area contributed by atoms with Gasteiger partial charge in [0, 0.05) is 38.0 Å². The highest BCUT2D eigenvalue weighted by molar-refractivity contribution is 7.09. The van der Waals surface area contributed by atoms with Crippen LogP contribution >= 0.6 is 11.3 Å². The molecule has 1 atom stereocenters. The van der Waals surface area contributed by atoms with Crippen LogP contribution in [0.25, 0.3) is 0 Å². The third-order valence-corrected chi connectivity index (χ3v) is 5.15. The van der Waals surface area contributed by atoms with Gasteiger partial charge in [0.05, 0.1) is 11.6 Å². The number of piperidine rings is 1. The van der Waals surface area contributed by atoms with Crippen LogP contribution < -0.4 is 10.6 Å². The highest BCUT2D eigenvalue weighted by Gasteiger charge is 2.33. The van der Waals surface area contributed by atoms with Crippen molar-refractivity contribution in [3.63, 3.8) is 0 Å². The van der Waals surface area contributed by atoms with Crippen LogP contribution in [-0.4, -0.2) is 55.1 Å². The number of alkyl halides is 3. The third kappa shape index (κ3) is 7.11. The van der Waals surface area contributed by atoms with Crippen molar-refractivity contribution in [2.45, 2.75) is 39.3 Å². The molecule has 0 radical (unpaired) electrons. The van der Waals surface area contributed by atoms with Gasteiger partial charge in [-0.15, -0.1) is 11.3 Å². The quantitative estimate of drug-likeness (QED) is 0.554. The summed E-state index contributed by atoms with van der Waals surface area (Å²) in [6.45, 7) is 9.41. The molecule has 1 unspecified atom stereocenters. The fraction of sp³-hybridized carbons (Fsp3) is 0.765. The Morgan fingerprint density at radius 2 is 2.23 bits per heavy atom. The Bertz CT molecular complexity index is 573. The molecule has 0 amide bonds. The molecule has 2 N–H and O–H groups in total. The number of aliphatic imine (C=N–C) groups is 1. The van der Waals surface area contributed by atoms with E-state index in [-0.39, 0.29) is 0 Å². The fourth-order valence-electron chi connectivity index (χ4n) is 2.98. The van der Waals surface area contributed by atoms with E-state index in [2.05, 4.69) is 32.4 Å². The van der Waals surface area contributed by atoms with Crippen LogP contribution in [0.4, 0.5) is 13.2 Å². The lowest BCUT2D eigenvalue weighted by molar-refractivity contribution is -0.140. The molecule has 9 heteroatoms. The van der Waals surface area contributed by atoms with Crippen molar-refractivity contribution in [2.75, 3.05) is 39.3 Å². The monoisotopic (exact) mass is 391 g/mol. The number of nitrogens with one attached hydrogen (secondary N) is 2. The van der Waals surface area contributed by atoms with Gasteiger partial charge < -0.3 is 15.5 Å². The first-order valence-electron chi connectivity index (χ1n) is 9.14. The minimum Gasteiger partial charge on any atom is -0.357 e. The maximum absolute atomic E-state index is 12.6. The number of nitrogens with zero attached hydrogens (tertiary/aromatic N) is 3. The zero-order chi connectivity index (χ0) is 19.0. The third-order valence-electron chi connectivity index (χ3n) is 4.24. The number of halogens is 3. The van der Waals surface area contributed by atoms with Crippen molar-refractivity contribution in [3.8, 4) is 0 Å². The molecule has 1 aromatic heterocycles. The average Bonchev–Trinajstić information content (AvgIpc) is 3.04. The molecule has 0 spiro atoms. The summed E-state index contributed by atoms with van der Waals surface area (Å²) in [4.78, 5) is 10.6. The molecule has 2 heterocycles. The maximum Gasteiger partial charge on any atom is 0.434 e. The summed E-state index contributed by atoms with van der Waals surface area (Å²) in [5.74, 6) is 1.45. The zero-order valence-corrected chi connectivity index (χ0v) is 16.2. The topological polar surface area (TPSA) is 52.6 Å². The van der Waals surface area contributed by atoms with Gasteiger partial charge in [0.15, 0.2) is 11.7 Å². The second-order valence-electron chi connectivity index (χ2n) is 6.61. The van der Waals surface area contributed by atoms with Crippen LogP contribution in [0, 0.1) is 5.92 Å². The summed E-state index contributed by atoms with van der Waals surface area (Å²) in [5.41, 5.74) is -0.811. The van der Waals surface area contributed by atoms with Crippen molar-refractivity contribution in [3.05, 3.63) is 16.1 Å². The first-order chi connectivity index (χ1) is 12.4. The van der Waals surface area contributed by atoms with E-state index >= 15 is 0 Å². The van der Waals surface area contributed by atoms with Crippen molar-refractivity contribution in [1.29, 1.82) is 0 Å². The molecule has 0 bridgehead atoms. The number of hydrogen-bond donors (Lipinski definition) is 2. The molecule has 0 aliphatic carbocycles. The van der Waals surface area contributed by atoms with E-state index in [1.54, 1.807) is 0 Å². The predicted octanol–water partition coefficient (Wildman–Crippen LogP) is 2.99. The number of aromatic nitrogens is 1. The summed E-state index contributed by atoms with van der Waals surface area (Å²) in [6, 6.07) is 0. The fourth-order valence-corrected chi connectivity index (χ4v) is 3.78. The smallest absolute Gasteiger partial charge is 0.357 e. The molecular formula is C17H28F3N5S. The van der Waals surface area contributed by atoms with E-state index in [0.717, 1.165) is 48.8 Å². The van der Waals surface area contributed by atoms with Crippen LogP contribution in [0.2, 0.25) is 0 Å². The first kappa shape index (κ1) is 21.0. The molecule has 148 valence electrons. The van der Waals surface area contributed by atoms with Gasteiger partial charge in [-0.25, -0.2) is 4.98 Å². The zero-order valence-electron chi connectivity index (χ0n) is 15.4. The predicted molar refractivity (Wildman–Crippen MR) is 99.6 cm³/mol. The van der Waals surface area contributed by atoms with Gasteiger partial charge in [-0.2, -0.15) is 13.2 Å². The standard InChI is InChI=1S/C17H28F3N5S/c1-3-21-16(23-8-10-25-9-4-5-13(2)11-25)22-7-6-15-24-14(12-26-15)17(18,19)20/h12-13H,3-11H2,1-2H3,(H2,21,22,23). The summed E-state index contributed by atoms with van der Waals surface area (Å²) in [5, 5.41) is 7.88. The Balaban J connectivity index is 1.75. The second-order valence-corrected chi connectivity index (χ2v) is 7.55. The number of rotatable bonds is 7. The molecule has 0 aromatic carbocycles. The minimum atomic E-state index is -4.37. The summed E-state index contributed by atoms with van der Waals surface area (Å²) < 4.78 is 37.7. The molecule has 5 nitrogen and oxygen atoms in total. The van der Waals surface area contributed by atoms with E-state index in [1.807, 2.05) is 6.92 Å². The largest absolute Gasteiger partial charge is 0.434 e. The Hall–Kier alpha value is -1.35. The molecule has 1 saturated heterocycles. The maximum atomic E-state index is 12.6. The average molecular weight is 392 g/mol. The lowest BCUT2D eigenvalue weighted by atomic mass is 10.0. The SMILES string of the molecule is CCNC(=NCCN1CCCC(C)C1)NCCc1nc(C(F)(F)F)cs1. The van der Waals surface area contributed by atoms with E-state index in [9.17, 15) is 13.2 Å². The second kappa shape index (κ2) is 10.1. The number of guanidine groups is 1. The summed E-state index contributed by atoms with van der Waals surface area (Å²) in [7, 11) is 0. The van der Waals surface area contributed by atoms with Gasteiger partial charge in [-0.3, -0.25) is 4.99 Å². The molecule has 1 aliphatic rings. The van der Waals surface area contributed by atoms with Crippen LogP contribution in [-0.2, 0) is 12.6 Å². The van der Waals surface area contributed by atoms with Crippen molar-refractivity contribution >= 4 is 17.3 Å². The molecule has 0 saturated carbocycles. The molecule has 1 fully saturated rings. The minimum absolute atomic E-state index is 0.439. The van der Waals surface area contributed by atoms with Gasteiger partial charge in [-0.1, -0.05) is 6.92 Å². The number of hydrogen-bond acceptors (Lipinski definition) is 4. The van der Waals surface area contributed by atoms with Gasteiger partial charge in [0.2, 0.25) is 0 Å². The Morgan fingerprint density at radius 3 is 2.88 bits per heavy atom. The lowest BCUT2D eigenvalue weighted by Gasteiger charge is -2.30. The van der Waals surface area contributed by atoms with Crippen LogP contribution in [0.15, 0.2) is 10.4 Å². The summed E-state index contributed by atoms with van der Waals surface area (Å²) >= 11 is 1.04. The Morgan fingerprint density at radius 1 is 1.42 bits per heavy atom. The molecule has 1 aromatic rings. The summed E-state index contributed by atoms with van der Waals surface area (Å²) in [6.07, 6.45) is -1.38. The van der Waals surface area contributed by atoms with Crippen molar-refractivity contribution < 1.29 is 13.2 Å². The first-order valence-corrected chi connectivity index (χ1v) is 10.0. The van der Waals surface area contributed by atoms with Gasteiger partial charge in [0.25, 0.3) is 0 Å². The normalized spacial score (nSPS) is 19.6.